The summed E-state index contributed by atoms with van der Waals surface area (Å²) >= 11 is 0. The number of nitrogens with zero attached hydrogens (tertiary/aromatic N) is 1. The number of nitrogens with one attached hydrogen (secondary N) is 1. The highest BCUT2D eigenvalue weighted by Crippen LogP contribution is 2.34. The Hall–Kier alpha value is -2.18. The number of allylic oxidation sites excluding steroid dienone is 1. The van der Waals surface area contributed by atoms with Crippen molar-refractivity contribution in [3.05, 3.63) is 11.8 Å². The Morgan fingerprint density at radius 1 is 1.27 bits per heavy atom. The number of Topliss-reactive ketones (excluding diaryl/α,β-unsaturated/α-hetero) is 2. The fourth-order valence-corrected chi connectivity index (χ4v) is 3.16. The van der Waals surface area contributed by atoms with Gasteiger partial charge in [-0.15, -0.1) is 0 Å². The number of piperazine rings is 1. The van der Waals surface area contributed by atoms with Gasteiger partial charge in [0.2, 0.25) is 5.91 Å². The topological polar surface area (TPSA) is 92.8 Å². The Balaban J connectivity index is 2.14. The molecule has 1 unspecified atom stereocenters. The lowest BCUT2D eigenvalue weighted by Gasteiger charge is -2.35. The molecular weight excluding hydrogens is 336 g/mol. The number of ketones is 2. The van der Waals surface area contributed by atoms with Crippen molar-refractivity contribution in [1.29, 1.82) is 0 Å². The third-order valence-corrected chi connectivity index (χ3v) is 4.48. The molecule has 26 heavy (non-hydrogen) atoms. The van der Waals surface area contributed by atoms with Crippen molar-refractivity contribution in [2.45, 2.75) is 53.0 Å². The third-order valence-electron chi connectivity index (χ3n) is 4.48. The zero-order chi connectivity index (χ0) is 19.5. The molecule has 0 spiro atoms. The summed E-state index contributed by atoms with van der Waals surface area (Å²) in [4.78, 5) is 50.6. The van der Waals surface area contributed by atoms with Gasteiger partial charge in [0.1, 0.15) is 6.04 Å². The van der Waals surface area contributed by atoms with E-state index in [9.17, 15) is 19.2 Å². The maximum Gasteiger partial charge on any atom is 0.308 e. The normalized spacial score (nSPS) is 23.1. The van der Waals surface area contributed by atoms with Crippen LogP contribution in [0.4, 0.5) is 0 Å². The van der Waals surface area contributed by atoms with E-state index in [4.69, 9.17) is 4.74 Å². The third kappa shape index (κ3) is 5.16. The van der Waals surface area contributed by atoms with Crippen LogP contribution >= 0.6 is 0 Å². The van der Waals surface area contributed by atoms with E-state index in [0.717, 1.165) is 0 Å². The van der Waals surface area contributed by atoms with Gasteiger partial charge in [-0.1, -0.05) is 27.7 Å². The summed E-state index contributed by atoms with van der Waals surface area (Å²) in [6.07, 6.45) is 1.95. The van der Waals surface area contributed by atoms with E-state index in [1.54, 1.807) is 4.90 Å². The fourth-order valence-electron chi connectivity index (χ4n) is 3.16. The van der Waals surface area contributed by atoms with Gasteiger partial charge in [-0.2, -0.15) is 0 Å². The van der Waals surface area contributed by atoms with Gasteiger partial charge >= 0.3 is 5.97 Å². The van der Waals surface area contributed by atoms with E-state index in [1.165, 1.54) is 6.20 Å². The summed E-state index contributed by atoms with van der Waals surface area (Å²) < 4.78 is 5.16. The lowest BCUT2D eigenvalue weighted by atomic mass is 9.74. The maximum absolute atomic E-state index is 12.4. The maximum atomic E-state index is 12.4. The van der Waals surface area contributed by atoms with E-state index < -0.39 is 12.0 Å². The monoisotopic (exact) mass is 364 g/mol. The average Bonchev–Trinajstić information content (AvgIpc) is 2.51. The molecule has 0 aromatic heterocycles. The Kier molecular flexibility index (Phi) is 6.21. The first-order valence-corrected chi connectivity index (χ1v) is 9.06. The van der Waals surface area contributed by atoms with Crippen LogP contribution in [0.2, 0.25) is 0 Å². The first-order chi connectivity index (χ1) is 12.1. The van der Waals surface area contributed by atoms with Crippen LogP contribution in [-0.4, -0.2) is 54.1 Å². The minimum Gasteiger partial charge on any atom is -0.465 e. The smallest absolute Gasteiger partial charge is 0.308 e. The average molecular weight is 364 g/mol. The zero-order valence-electron chi connectivity index (χ0n) is 16.0. The molecule has 0 aromatic rings. The lowest BCUT2D eigenvalue weighted by Crippen LogP contribution is -2.54. The van der Waals surface area contributed by atoms with Gasteiger partial charge < -0.3 is 15.0 Å². The second-order valence-electron chi connectivity index (χ2n) is 8.23. The van der Waals surface area contributed by atoms with Gasteiger partial charge in [0.25, 0.3) is 0 Å². The van der Waals surface area contributed by atoms with E-state index in [1.807, 2.05) is 27.7 Å². The molecule has 7 heteroatoms. The minimum absolute atomic E-state index is 0.115. The van der Waals surface area contributed by atoms with Crippen molar-refractivity contribution in [2.75, 3.05) is 19.7 Å². The summed E-state index contributed by atoms with van der Waals surface area (Å²) in [7, 11) is 0. The Labute approximate surface area is 154 Å². The van der Waals surface area contributed by atoms with Crippen molar-refractivity contribution >= 4 is 23.4 Å². The van der Waals surface area contributed by atoms with Gasteiger partial charge in [0, 0.05) is 32.1 Å². The number of rotatable bonds is 5. The van der Waals surface area contributed by atoms with Crippen molar-refractivity contribution in [3.8, 4) is 0 Å². The SMILES string of the molecule is CC(C)COC(=O)CC1C(=O)NCCN1C=C1C(=O)CC(C)(C)CC1=O. The molecule has 0 aromatic carbocycles. The van der Waals surface area contributed by atoms with Gasteiger partial charge in [-0.25, -0.2) is 0 Å². The van der Waals surface area contributed by atoms with Crippen LogP contribution in [-0.2, 0) is 23.9 Å². The largest absolute Gasteiger partial charge is 0.465 e. The van der Waals surface area contributed by atoms with Gasteiger partial charge in [0.15, 0.2) is 11.6 Å². The number of carbonyl (C=O) groups is 4. The predicted molar refractivity (Wildman–Crippen MR) is 95.0 cm³/mol. The standard InChI is InChI=1S/C19H28N2O5/c1-12(2)11-26-17(24)7-14-18(25)20-5-6-21(14)10-13-15(22)8-19(3,4)9-16(13)23/h10,12,14H,5-9,11H2,1-4H3,(H,20,25). The molecule has 2 fully saturated rings. The summed E-state index contributed by atoms with van der Waals surface area (Å²) in [6, 6.07) is -0.772. The lowest BCUT2D eigenvalue weighted by molar-refractivity contribution is -0.148. The molecule has 1 amide bonds. The Morgan fingerprint density at radius 3 is 2.46 bits per heavy atom. The number of esters is 1. The predicted octanol–water partition coefficient (Wildman–Crippen LogP) is 1.22. The van der Waals surface area contributed by atoms with Crippen molar-refractivity contribution in [3.63, 3.8) is 0 Å². The number of ether oxygens (including phenoxy) is 1. The van der Waals surface area contributed by atoms with Gasteiger partial charge in [-0.05, 0) is 11.3 Å². The summed E-state index contributed by atoms with van der Waals surface area (Å²) in [6.45, 7) is 8.76. The van der Waals surface area contributed by atoms with E-state index >= 15 is 0 Å². The molecule has 1 atom stereocenters. The fraction of sp³-hybridized carbons (Fsp3) is 0.684. The molecule has 0 radical (unpaired) electrons. The summed E-state index contributed by atoms with van der Waals surface area (Å²) in [5, 5.41) is 2.72. The molecule has 2 aliphatic rings. The van der Waals surface area contributed by atoms with Crippen molar-refractivity contribution < 1.29 is 23.9 Å². The second kappa shape index (κ2) is 8.01. The molecule has 7 nitrogen and oxygen atoms in total. The van der Waals surface area contributed by atoms with E-state index in [0.29, 0.717) is 32.5 Å². The van der Waals surface area contributed by atoms with E-state index in [-0.39, 0.29) is 40.8 Å². The van der Waals surface area contributed by atoms with Crippen LogP contribution in [0.3, 0.4) is 0 Å². The number of hydrogen-bond acceptors (Lipinski definition) is 6. The highest BCUT2D eigenvalue weighted by Gasteiger charge is 2.37. The molecule has 1 aliphatic carbocycles. The molecule has 1 saturated carbocycles. The number of amides is 1. The molecule has 2 rings (SSSR count). The highest BCUT2D eigenvalue weighted by atomic mass is 16.5. The van der Waals surface area contributed by atoms with Gasteiger partial charge in [0.05, 0.1) is 18.6 Å². The summed E-state index contributed by atoms with van der Waals surface area (Å²) in [5.74, 6) is -0.980. The molecule has 1 heterocycles. The molecular formula is C19H28N2O5. The Bertz CT molecular complexity index is 614. The molecule has 1 aliphatic heterocycles. The first kappa shape index (κ1) is 20.1. The van der Waals surface area contributed by atoms with Crippen LogP contribution < -0.4 is 5.32 Å². The van der Waals surface area contributed by atoms with Crippen LogP contribution in [0.25, 0.3) is 0 Å². The van der Waals surface area contributed by atoms with E-state index in [2.05, 4.69) is 5.32 Å². The molecule has 1 saturated heterocycles. The van der Waals surface area contributed by atoms with Crippen molar-refractivity contribution in [1.82, 2.24) is 10.2 Å². The minimum atomic E-state index is -0.772. The van der Waals surface area contributed by atoms with Crippen LogP contribution in [0.15, 0.2) is 11.8 Å². The van der Waals surface area contributed by atoms with Crippen LogP contribution in [0, 0.1) is 11.3 Å². The quantitative estimate of drug-likeness (QED) is 0.448. The van der Waals surface area contributed by atoms with Gasteiger partial charge in [-0.3, -0.25) is 19.2 Å². The number of hydrogen-bond donors (Lipinski definition) is 1. The Morgan fingerprint density at radius 2 is 1.88 bits per heavy atom. The molecule has 144 valence electrons. The van der Waals surface area contributed by atoms with Crippen molar-refractivity contribution in [2.24, 2.45) is 11.3 Å². The number of carbonyl (C=O) groups excluding carboxylic acids is 4. The highest BCUT2D eigenvalue weighted by molar-refractivity contribution is 6.22. The molecule has 0 bridgehead atoms. The summed E-state index contributed by atoms with van der Waals surface area (Å²) in [5.41, 5.74) is -0.218. The molecule has 1 N–H and O–H groups in total. The van der Waals surface area contributed by atoms with Crippen LogP contribution in [0.5, 0.6) is 0 Å². The second-order valence-corrected chi connectivity index (χ2v) is 8.23. The van der Waals surface area contributed by atoms with Crippen LogP contribution in [0.1, 0.15) is 47.0 Å². The first-order valence-electron chi connectivity index (χ1n) is 9.06. The zero-order valence-corrected chi connectivity index (χ0v) is 16.0.